The zero-order chi connectivity index (χ0) is 15.7. The van der Waals surface area contributed by atoms with Crippen molar-refractivity contribution in [3.8, 4) is 5.75 Å². The number of ether oxygens (including phenoxy) is 1. The second-order valence-electron chi connectivity index (χ2n) is 5.75. The van der Waals surface area contributed by atoms with Crippen molar-refractivity contribution in [2.75, 3.05) is 11.9 Å². The Hall–Kier alpha value is -2.29. The van der Waals surface area contributed by atoms with Crippen LogP contribution in [0.25, 0.3) is 0 Å². The number of fused-ring (bicyclic) bond motifs is 1. The second-order valence-corrected chi connectivity index (χ2v) is 5.75. The van der Waals surface area contributed by atoms with Gasteiger partial charge >= 0.3 is 0 Å². The summed E-state index contributed by atoms with van der Waals surface area (Å²) in [7, 11) is 0. The van der Waals surface area contributed by atoms with E-state index in [4.69, 9.17) is 4.74 Å². The summed E-state index contributed by atoms with van der Waals surface area (Å²) in [6, 6.07) is 12.3. The van der Waals surface area contributed by atoms with Gasteiger partial charge in [-0.15, -0.1) is 0 Å². The van der Waals surface area contributed by atoms with E-state index in [-0.39, 0.29) is 11.8 Å². The summed E-state index contributed by atoms with van der Waals surface area (Å²) in [6.45, 7) is 6.73. The predicted molar refractivity (Wildman–Crippen MR) is 88.6 cm³/mol. The summed E-state index contributed by atoms with van der Waals surface area (Å²) in [5, 5.41) is 3.04. The highest BCUT2D eigenvalue weighted by atomic mass is 16.5. The molecule has 0 saturated heterocycles. The van der Waals surface area contributed by atoms with Crippen LogP contribution in [0, 0.1) is 13.8 Å². The van der Waals surface area contributed by atoms with E-state index in [2.05, 4.69) is 37.4 Å². The average Bonchev–Trinajstić information content (AvgIpc) is 2.52. The molecule has 0 radical (unpaired) electrons. The molecule has 22 heavy (non-hydrogen) atoms. The maximum Gasteiger partial charge on any atom is 0.225 e. The molecule has 0 bridgehead atoms. The highest BCUT2D eigenvalue weighted by Crippen LogP contribution is 2.42. The van der Waals surface area contributed by atoms with Gasteiger partial charge in [-0.05, 0) is 43.5 Å². The number of rotatable bonds is 3. The van der Waals surface area contributed by atoms with Gasteiger partial charge in [-0.25, -0.2) is 0 Å². The van der Waals surface area contributed by atoms with E-state index in [0.717, 1.165) is 22.6 Å². The van der Waals surface area contributed by atoms with Crippen molar-refractivity contribution < 1.29 is 9.53 Å². The predicted octanol–water partition coefficient (Wildman–Crippen LogP) is 4.18. The Kier molecular flexibility index (Phi) is 3.88. The van der Waals surface area contributed by atoms with Gasteiger partial charge in [-0.1, -0.05) is 30.3 Å². The third-order valence-corrected chi connectivity index (χ3v) is 4.39. The standard InChI is InChI=1S/C19H21NO2/c1-4-22-17-8-6-5-7-14(17)16-11-18(21)20-19-13(3)12(2)9-10-15(16)19/h5-10,16H,4,11H2,1-3H3,(H,20,21)/t16-/m1/s1. The Balaban J connectivity index is 2.14. The Morgan fingerprint density at radius 1 is 1.14 bits per heavy atom. The number of benzene rings is 2. The van der Waals surface area contributed by atoms with Crippen LogP contribution in [0.15, 0.2) is 36.4 Å². The van der Waals surface area contributed by atoms with Crippen molar-refractivity contribution in [3.63, 3.8) is 0 Å². The number of hydrogen-bond donors (Lipinski definition) is 1. The lowest BCUT2D eigenvalue weighted by atomic mass is 9.82. The largest absolute Gasteiger partial charge is 0.494 e. The summed E-state index contributed by atoms with van der Waals surface area (Å²) in [5.41, 5.74) is 5.56. The van der Waals surface area contributed by atoms with Gasteiger partial charge in [0.1, 0.15) is 5.75 Å². The number of nitrogens with one attached hydrogen (secondary N) is 1. The number of para-hydroxylation sites is 1. The quantitative estimate of drug-likeness (QED) is 0.922. The summed E-state index contributed by atoms with van der Waals surface area (Å²) in [5.74, 6) is 0.983. The topological polar surface area (TPSA) is 38.3 Å². The molecule has 0 fully saturated rings. The monoisotopic (exact) mass is 295 g/mol. The Labute approximate surface area is 131 Å². The second kappa shape index (κ2) is 5.84. The first kappa shape index (κ1) is 14.6. The maximum absolute atomic E-state index is 12.2. The molecule has 114 valence electrons. The van der Waals surface area contributed by atoms with Crippen LogP contribution in [0.1, 0.15) is 41.5 Å². The van der Waals surface area contributed by atoms with Crippen molar-refractivity contribution in [1.82, 2.24) is 0 Å². The SMILES string of the molecule is CCOc1ccccc1[C@H]1CC(=O)Nc2c1ccc(C)c2C. The zero-order valence-electron chi connectivity index (χ0n) is 13.3. The van der Waals surface area contributed by atoms with Crippen molar-refractivity contribution in [1.29, 1.82) is 0 Å². The van der Waals surface area contributed by atoms with Gasteiger partial charge in [0, 0.05) is 23.6 Å². The van der Waals surface area contributed by atoms with Crippen LogP contribution in [0.5, 0.6) is 5.75 Å². The molecule has 0 aromatic heterocycles. The minimum absolute atomic E-state index is 0.0470. The Morgan fingerprint density at radius 2 is 1.91 bits per heavy atom. The van der Waals surface area contributed by atoms with Crippen LogP contribution in [0.3, 0.4) is 0 Å². The van der Waals surface area contributed by atoms with Gasteiger partial charge < -0.3 is 10.1 Å². The molecule has 1 aliphatic rings. The van der Waals surface area contributed by atoms with Gasteiger partial charge in [0.15, 0.2) is 0 Å². The number of aryl methyl sites for hydroxylation is 1. The van der Waals surface area contributed by atoms with E-state index in [1.165, 1.54) is 11.1 Å². The maximum atomic E-state index is 12.2. The molecule has 3 heteroatoms. The Bertz CT molecular complexity index is 721. The molecule has 3 rings (SSSR count). The molecule has 2 aromatic rings. The number of hydrogen-bond acceptors (Lipinski definition) is 2. The molecule has 0 saturated carbocycles. The highest BCUT2D eigenvalue weighted by molar-refractivity contribution is 5.96. The van der Waals surface area contributed by atoms with E-state index in [1.54, 1.807) is 0 Å². The third-order valence-electron chi connectivity index (χ3n) is 4.39. The fourth-order valence-corrected chi connectivity index (χ4v) is 3.11. The van der Waals surface area contributed by atoms with Crippen molar-refractivity contribution in [3.05, 3.63) is 58.7 Å². The smallest absolute Gasteiger partial charge is 0.225 e. The lowest BCUT2D eigenvalue weighted by Gasteiger charge is -2.29. The first-order valence-electron chi connectivity index (χ1n) is 7.73. The van der Waals surface area contributed by atoms with Crippen LogP contribution >= 0.6 is 0 Å². The van der Waals surface area contributed by atoms with E-state index >= 15 is 0 Å². The number of carbonyl (C=O) groups is 1. The number of amides is 1. The fourth-order valence-electron chi connectivity index (χ4n) is 3.11. The lowest BCUT2D eigenvalue weighted by Crippen LogP contribution is -2.24. The van der Waals surface area contributed by atoms with Gasteiger partial charge in [-0.2, -0.15) is 0 Å². The molecule has 1 heterocycles. The molecule has 0 spiro atoms. The third kappa shape index (κ3) is 2.47. The lowest BCUT2D eigenvalue weighted by molar-refractivity contribution is -0.116. The van der Waals surface area contributed by atoms with Gasteiger partial charge in [-0.3, -0.25) is 4.79 Å². The van der Waals surface area contributed by atoms with Crippen LogP contribution < -0.4 is 10.1 Å². The molecule has 0 aliphatic carbocycles. The number of anilines is 1. The minimum atomic E-state index is 0.0470. The fraction of sp³-hybridized carbons (Fsp3) is 0.316. The summed E-state index contributed by atoms with van der Waals surface area (Å²) >= 11 is 0. The van der Waals surface area contributed by atoms with Crippen molar-refractivity contribution in [2.24, 2.45) is 0 Å². The summed E-state index contributed by atoms with van der Waals surface area (Å²) in [4.78, 5) is 12.2. The summed E-state index contributed by atoms with van der Waals surface area (Å²) in [6.07, 6.45) is 0.458. The molecular formula is C19H21NO2. The molecule has 1 aliphatic heterocycles. The van der Waals surface area contributed by atoms with E-state index in [0.29, 0.717) is 13.0 Å². The highest BCUT2D eigenvalue weighted by Gasteiger charge is 2.29. The van der Waals surface area contributed by atoms with Crippen molar-refractivity contribution in [2.45, 2.75) is 33.1 Å². The van der Waals surface area contributed by atoms with Crippen LogP contribution in [0.2, 0.25) is 0 Å². The summed E-state index contributed by atoms with van der Waals surface area (Å²) < 4.78 is 5.76. The van der Waals surface area contributed by atoms with Crippen LogP contribution in [0.4, 0.5) is 5.69 Å². The van der Waals surface area contributed by atoms with Gasteiger partial charge in [0.25, 0.3) is 0 Å². The van der Waals surface area contributed by atoms with Gasteiger partial charge in [0.2, 0.25) is 5.91 Å². The number of carbonyl (C=O) groups excluding carboxylic acids is 1. The zero-order valence-corrected chi connectivity index (χ0v) is 13.3. The molecule has 1 atom stereocenters. The van der Waals surface area contributed by atoms with E-state index < -0.39 is 0 Å². The first-order chi connectivity index (χ1) is 10.6. The van der Waals surface area contributed by atoms with Crippen LogP contribution in [-0.2, 0) is 4.79 Å². The average molecular weight is 295 g/mol. The Morgan fingerprint density at radius 3 is 2.68 bits per heavy atom. The minimum Gasteiger partial charge on any atom is -0.494 e. The molecule has 0 unspecified atom stereocenters. The first-order valence-corrected chi connectivity index (χ1v) is 7.73. The van der Waals surface area contributed by atoms with Crippen LogP contribution in [-0.4, -0.2) is 12.5 Å². The van der Waals surface area contributed by atoms with Gasteiger partial charge in [0.05, 0.1) is 6.61 Å². The molecule has 1 N–H and O–H groups in total. The molecule has 3 nitrogen and oxygen atoms in total. The normalized spacial score (nSPS) is 16.9. The molecule has 1 amide bonds. The van der Waals surface area contributed by atoms with E-state index in [9.17, 15) is 4.79 Å². The van der Waals surface area contributed by atoms with Crippen molar-refractivity contribution >= 4 is 11.6 Å². The molecule has 2 aromatic carbocycles. The van der Waals surface area contributed by atoms with E-state index in [1.807, 2.05) is 25.1 Å². The molecular weight excluding hydrogens is 274 g/mol.